The lowest BCUT2D eigenvalue weighted by Crippen LogP contribution is -1.99. The molecule has 110 valence electrons. The maximum absolute atomic E-state index is 10.7. The maximum atomic E-state index is 10.7. The van der Waals surface area contributed by atoms with Gasteiger partial charge in [-0.1, -0.05) is 45.2 Å². The van der Waals surface area contributed by atoms with Crippen LogP contribution < -0.4 is 4.74 Å². The first kappa shape index (κ1) is 15.8. The van der Waals surface area contributed by atoms with E-state index in [2.05, 4.69) is 15.9 Å². The molecule has 2 aromatic rings. The summed E-state index contributed by atoms with van der Waals surface area (Å²) in [6.45, 7) is 2.28. The highest BCUT2D eigenvalue weighted by molar-refractivity contribution is 9.08. The molecule has 0 N–H and O–H groups in total. The minimum Gasteiger partial charge on any atom is -0.489 e. The van der Waals surface area contributed by atoms with E-state index in [-0.39, 0.29) is 12.3 Å². The van der Waals surface area contributed by atoms with Crippen LogP contribution >= 0.6 is 27.5 Å². The van der Waals surface area contributed by atoms with Gasteiger partial charge in [0.2, 0.25) is 0 Å². The van der Waals surface area contributed by atoms with Gasteiger partial charge in [-0.25, -0.2) is 0 Å². The number of hydrogen-bond acceptors (Lipinski definition) is 3. The molecule has 0 bridgehead atoms. The van der Waals surface area contributed by atoms with E-state index in [4.69, 9.17) is 16.3 Å². The fourth-order valence-electron chi connectivity index (χ4n) is 1.88. The van der Waals surface area contributed by atoms with Crippen molar-refractivity contribution in [1.82, 2.24) is 0 Å². The Bertz CT molecular complexity index is 676. The summed E-state index contributed by atoms with van der Waals surface area (Å²) in [5.41, 5.74) is 2.89. The lowest BCUT2D eigenvalue weighted by atomic mass is 10.1. The van der Waals surface area contributed by atoms with E-state index in [0.717, 1.165) is 16.9 Å². The molecular weight excluding hydrogens is 358 g/mol. The molecule has 0 radical (unpaired) electrons. The Morgan fingerprint density at radius 3 is 2.62 bits per heavy atom. The molecule has 0 spiro atoms. The molecule has 4 nitrogen and oxygen atoms in total. The smallest absolute Gasteiger partial charge is 0.270 e. The molecule has 0 atom stereocenters. The van der Waals surface area contributed by atoms with Crippen molar-refractivity contribution in [3.63, 3.8) is 0 Å². The molecule has 6 heteroatoms. The highest BCUT2D eigenvalue weighted by Crippen LogP contribution is 2.26. The van der Waals surface area contributed by atoms with Crippen LogP contribution in [0.4, 0.5) is 5.69 Å². The van der Waals surface area contributed by atoms with Gasteiger partial charge in [-0.2, -0.15) is 0 Å². The minimum atomic E-state index is -0.473. The summed E-state index contributed by atoms with van der Waals surface area (Å²) in [6.07, 6.45) is 0. The first-order chi connectivity index (χ1) is 10.0. The Morgan fingerprint density at radius 1 is 1.24 bits per heavy atom. The van der Waals surface area contributed by atoms with Crippen molar-refractivity contribution in [2.75, 3.05) is 0 Å². The van der Waals surface area contributed by atoms with Crippen LogP contribution in [0.15, 0.2) is 36.4 Å². The molecular formula is C15H13BrClNO3. The van der Waals surface area contributed by atoms with E-state index < -0.39 is 4.92 Å². The van der Waals surface area contributed by atoms with Gasteiger partial charge in [0.05, 0.1) is 9.95 Å². The molecule has 0 aromatic heterocycles. The highest BCUT2D eigenvalue weighted by atomic mass is 79.9. The minimum absolute atomic E-state index is 0.0276. The Balaban J connectivity index is 2.15. The van der Waals surface area contributed by atoms with E-state index in [1.54, 1.807) is 6.07 Å². The lowest BCUT2D eigenvalue weighted by Gasteiger charge is -2.11. The van der Waals surface area contributed by atoms with Crippen molar-refractivity contribution in [2.24, 2.45) is 0 Å². The lowest BCUT2D eigenvalue weighted by molar-refractivity contribution is -0.384. The molecule has 0 unspecified atom stereocenters. The number of hydrogen-bond donors (Lipinski definition) is 0. The van der Waals surface area contributed by atoms with Gasteiger partial charge in [-0.3, -0.25) is 10.1 Å². The molecule has 0 heterocycles. The normalized spacial score (nSPS) is 10.4. The number of nitrogens with zero attached hydrogens (tertiary/aromatic N) is 1. The van der Waals surface area contributed by atoms with Crippen molar-refractivity contribution >= 4 is 33.2 Å². The summed E-state index contributed by atoms with van der Waals surface area (Å²) < 4.78 is 5.77. The van der Waals surface area contributed by atoms with Crippen LogP contribution in [0.2, 0.25) is 5.02 Å². The molecule has 0 saturated heterocycles. The summed E-state index contributed by atoms with van der Waals surface area (Å²) in [7, 11) is 0. The number of rotatable bonds is 5. The quantitative estimate of drug-likeness (QED) is 0.421. The van der Waals surface area contributed by atoms with Crippen LogP contribution in [0, 0.1) is 17.0 Å². The van der Waals surface area contributed by atoms with Crippen LogP contribution in [-0.4, -0.2) is 4.92 Å². The topological polar surface area (TPSA) is 52.4 Å². The Kier molecular flexibility index (Phi) is 5.20. The van der Waals surface area contributed by atoms with Crippen LogP contribution in [0.25, 0.3) is 0 Å². The zero-order chi connectivity index (χ0) is 15.4. The first-order valence-corrected chi connectivity index (χ1v) is 7.72. The number of nitro groups is 1. The van der Waals surface area contributed by atoms with Crippen molar-refractivity contribution in [3.8, 4) is 5.75 Å². The van der Waals surface area contributed by atoms with Gasteiger partial charge in [-0.15, -0.1) is 0 Å². The van der Waals surface area contributed by atoms with Gasteiger partial charge < -0.3 is 4.74 Å². The van der Waals surface area contributed by atoms with Crippen molar-refractivity contribution < 1.29 is 9.66 Å². The molecule has 0 aliphatic carbocycles. The molecule has 0 aliphatic rings. The average Bonchev–Trinajstić information content (AvgIpc) is 2.46. The molecule has 0 aliphatic heterocycles. The van der Waals surface area contributed by atoms with E-state index >= 15 is 0 Å². The van der Waals surface area contributed by atoms with Crippen LogP contribution in [-0.2, 0) is 11.9 Å². The summed E-state index contributed by atoms with van der Waals surface area (Å²) in [5.74, 6) is 0.770. The SMILES string of the molecule is Cc1ccc(OCc2ccc([N+](=O)[O-])cc2Cl)c(CBr)c1. The first-order valence-electron chi connectivity index (χ1n) is 6.22. The maximum Gasteiger partial charge on any atom is 0.270 e. The molecule has 0 fully saturated rings. The molecule has 21 heavy (non-hydrogen) atoms. The van der Waals surface area contributed by atoms with Crippen LogP contribution in [0.3, 0.4) is 0 Å². The number of alkyl halides is 1. The third-order valence-corrected chi connectivity index (χ3v) is 3.95. The number of non-ortho nitro benzene ring substituents is 1. The predicted octanol–water partition coefficient (Wildman–Crippen LogP) is 5.03. The summed E-state index contributed by atoms with van der Waals surface area (Å²) in [5, 5.41) is 11.7. The summed E-state index contributed by atoms with van der Waals surface area (Å²) in [6, 6.07) is 10.3. The Labute approximate surface area is 136 Å². The highest BCUT2D eigenvalue weighted by Gasteiger charge is 2.10. The monoisotopic (exact) mass is 369 g/mol. The number of aryl methyl sites for hydroxylation is 1. The zero-order valence-corrected chi connectivity index (χ0v) is 13.6. The van der Waals surface area contributed by atoms with E-state index in [9.17, 15) is 10.1 Å². The summed E-state index contributed by atoms with van der Waals surface area (Å²) >= 11 is 9.47. The number of halogens is 2. The van der Waals surface area contributed by atoms with Gasteiger partial charge >= 0.3 is 0 Å². The Hall–Kier alpha value is -1.59. The van der Waals surface area contributed by atoms with Crippen molar-refractivity contribution in [2.45, 2.75) is 18.9 Å². The fraction of sp³-hybridized carbons (Fsp3) is 0.200. The Morgan fingerprint density at radius 2 is 2.00 bits per heavy atom. The second kappa shape index (κ2) is 6.91. The molecule has 2 aromatic carbocycles. The van der Waals surface area contributed by atoms with Crippen molar-refractivity contribution in [3.05, 3.63) is 68.2 Å². The van der Waals surface area contributed by atoms with Crippen LogP contribution in [0.5, 0.6) is 5.75 Å². The number of ether oxygens (including phenoxy) is 1. The standard InChI is InChI=1S/C15H13BrClNO3/c1-10-2-5-15(12(6-10)8-16)21-9-11-3-4-13(18(19)20)7-14(11)17/h2-7H,8-9H2,1H3. The van der Waals surface area contributed by atoms with Crippen LogP contribution in [0.1, 0.15) is 16.7 Å². The third-order valence-electron chi connectivity index (χ3n) is 2.99. The number of benzene rings is 2. The van der Waals surface area contributed by atoms with E-state index in [1.807, 2.05) is 25.1 Å². The predicted molar refractivity (Wildman–Crippen MR) is 86.2 cm³/mol. The van der Waals surface area contributed by atoms with Gasteiger partial charge in [0.25, 0.3) is 5.69 Å². The molecule has 0 saturated carbocycles. The number of nitro benzene ring substituents is 1. The van der Waals surface area contributed by atoms with Gasteiger partial charge in [0, 0.05) is 28.6 Å². The molecule has 2 rings (SSSR count). The largest absolute Gasteiger partial charge is 0.489 e. The second-order valence-corrected chi connectivity index (χ2v) is 5.53. The van der Waals surface area contributed by atoms with Gasteiger partial charge in [-0.05, 0) is 19.1 Å². The average molecular weight is 371 g/mol. The summed E-state index contributed by atoms with van der Waals surface area (Å²) in [4.78, 5) is 10.2. The zero-order valence-electron chi connectivity index (χ0n) is 11.3. The van der Waals surface area contributed by atoms with Crippen molar-refractivity contribution in [1.29, 1.82) is 0 Å². The molecule has 0 amide bonds. The van der Waals surface area contributed by atoms with E-state index in [1.165, 1.54) is 12.1 Å². The fourth-order valence-corrected chi connectivity index (χ4v) is 2.54. The van der Waals surface area contributed by atoms with Gasteiger partial charge in [0.1, 0.15) is 12.4 Å². The third kappa shape index (κ3) is 3.95. The van der Waals surface area contributed by atoms with E-state index in [0.29, 0.717) is 15.9 Å². The van der Waals surface area contributed by atoms with Gasteiger partial charge in [0.15, 0.2) is 0 Å². The second-order valence-electron chi connectivity index (χ2n) is 4.57.